The van der Waals surface area contributed by atoms with Crippen molar-refractivity contribution >= 4 is 22.9 Å². The minimum absolute atomic E-state index is 0.120. The number of para-hydroxylation sites is 1. The van der Waals surface area contributed by atoms with Gasteiger partial charge in [0.15, 0.2) is 0 Å². The smallest absolute Gasteiger partial charge is 0.312 e. The highest BCUT2D eigenvalue weighted by Crippen LogP contribution is 2.18. The number of carboxylic acid groups (broad SMARTS) is 1. The maximum Gasteiger partial charge on any atom is 0.312 e. The molecule has 6 heteroatoms. The average Bonchev–Trinajstić information content (AvgIpc) is 2.71. The van der Waals surface area contributed by atoms with Crippen molar-refractivity contribution in [2.24, 2.45) is 5.73 Å². The second-order valence-corrected chi connectivity index (χ2v) is 3.94. The molecule has 18 heavy (non-hydrogen) atoms. The zero-order valence-electron chi connectivity index (χ0n) is 9.47. The van der Waals surface area contributed by atoms with Crippen LogP contribution in [0.3, 0.4) is 0 Å². The van der Waals surface area contributed by atoms with E-state index in [0.717, 1.165) is 16.5 Å². The van der Waals surface area contributed by atoms with Gasteiger partial charge in [-0.15, -0.1) is 0 Å². The minimum Gasteiger partial charge on any atom is -0.548 e. The molecule has 0 aliphatic carbocycles. The fourth-order valence-electron chi connectivity index (χ4n) is 1.89. The van der Waals surface area contributed by atoms with Crippen LogP contribution in [-0.4, -0.2) is 23.0 Å². The lowest BCUT2D eigenvalue weighted by Gasteiger charge is -2.17. The highest BCUT2D eigenvalue weighted by Gasteiger charge is 2.14. The first-order chi connectivity index (χ1) is 8.58. The summed E-state index contributed by atoms with van der Waals surface area (Å²) in [6, 6.07) is 5.47. The zero-order chi connectivity index (χ0) is 13.1. The fourth-order valence-corrected chi connectivity index (χ4v) is 1.89. The van der Waals surface area contributed by atoms with Gasteiger partial charge in [-0.1, -0.05) is 18.2 Å². The number of nitrogens with two attached hydrogens (primary N) is 1. The molecule has 2 rings (SSSR count). The van der Waals surface area contributed by atoms with Crippen LogP contribution in [0.2, 0.25) is 0 Å². The average molecular weight is 246 g/mol. The summed E-state index contributed by atoms with van der Waals surface area (Å²) in [7, 11) is 0. The van der Waals surface area contributed by atoms with Crippen LogP contribution in [0.4, 0.5) is 4.79 Å². The number of primary amides is 1. The van der Waals surface area contributed by atoms with E-state index in [1.807, 2.05) is 24.3 Å². The standard InChI is InChI=1S/C12H13N3O3/c13-12(18)15-10(11(16)17)5-7-6-14-9-4-2-1-3-8(7)9/h1-4,6,10,14H,5H2,(H,16,17)(H3,13,15,18)/p-1/t10-/m0/s1. The van der Waals surface area contributed by atoms with E-state index in [0.29, 0.717) is 0 Å². The van der Waals surface area contributed by atoms with E-state index in [9.17, 15) is 14.7 Å². The monoisotopic (exact) mass is 246 g/mol. The Balaban J connectivity index is 2.26. The second kappa shape index (κ2) is 4.79. The van der Waals surface area contributed by atoms with Crippen molar-refractivity contribution in [1.29, 1.82) is 0 Å². The van der Waals surface area contributed by atoms with E-state index in [4.69, 9.17) is 5.73 Å². The summed E-state index contributed by atoms with van der Waals surface area (Å²) in [5, 5.41) is 14.0. The molecule has 0 spiro atoms. The first-order valence-electron chi connectivity index (χ1n) is 5.39. The van der Waals surface area contributed by atoms with Gasteiger partial charge in [-0.3, -0.25) is 0 Å². The molecule has 0 aliphatic heterocycles. The molecule has 94 valence electrons. The van der Waals surface area contributed by atoms with Crippen molar-refractivity contribution in [3.63, 3.8) is 0 Å². The van der Waals surface area contributed by atoms with Gasteiger partial charge < -0.3 is 25.9 Å². The van der Waals surface area contributed by atoms with Gasteiger partial charge in [0.2, 0.25) is 0 Å². The van der Waals surface area contributed by atoms with Gasteiger partial charge in [-0.2, -0.15) is 0 Å². The highest BCUT2D eigenvalue weighted by molar-refractivity contribution is 5.85. The van der Waals surface area contributed by atoms with Crippen molar-refractivity contribution in [3.8, 4) is 0 Å². The molecule has 1 atom stereocenters. The summed E-state index contributed by atoms with van der Waals surface area (Å²) in [5.74, 6) is -1.36. The first kappa shape index (κ1) is 12.0. The summed E-state index contributed by atoms with van der Waals surface area (Å²) in [6.07, 6.45) is 1.83. The lowest BCUT2D eigenvalue weighted by Crippen LogP contribution is -2.50. The van der Waals surface area contributed by atoms with Gasteiger partial charge in [0.05, 0.1) is 12.0 Å². The number of hydrogen-bond donors (Lipinski definition) is 3. The van der Waals surface area contributed by atoms with Crippen LogP contribution < -0.4 is 16.2 Å². The number of amides is 2. The predicted molar refractivity (Wildman–Crippen MR) is 63.5 cm³/mol. The summed E-state index contributed by atoms with van der Waals surface area (Å²) in [4.78, 5) is 24.7. The molecule has 1 heterocycles. The molecule has 1 aromatic carbocycles. The summed E-state index contributed by atoms with van der Waals surface area (Å²) in [5.41, 5.74) is 6.62. The van der Waals surface area contributed by atoms with Gasteiger partial charge >= 0.3 is 6.03 Å². The predicted octanol–water partition coefficient (Wildman–Crippen LogP) is -0.503. The van der Waals surface area contributed by atoms with E-state index in [2.05, 4.69) is 10.3 Å². The summed E-state index contributed by atoms with van der Waals surface area (Å²) < 4.78 is 0. The third kappa shape index (κ3) is 2.42. The van der Waals surface area contributed by atoms with Crippen molar-refractivity contribution in [3.05, 3.63) is 36.0 Å². The van der Waals surface area contributed by atoms with Crippen molar-refractivity contribution in [1.82, 2.24) is 10.3 Å². The first-order valence-corrected chi connectivity index (χ1v) is 5.39. The van der Waals surface area contributed by atoms with Crippen molar-refractivity contribution < 1.29 is 14.7 Å². The number of H-pyrrole nitrogens is 1. The minimum atomic E-state index is -1.36. The number of carbonyl (C=O) groups excluding carboxylic acids is 2. The normalized spacial score (nSPS) is 12.2. The molecule has 0 fully saturated rings. The number of benzene rings is 1. The number of nitrogens with one attached hydrogen (secondary N) is 2. The van der Waals surface area contributed by atoms with Gasteiger partial charge in [-0.25, -0.2) is 4.79 Å². The van der Waals surface area contributed by atoms with E-state index in [-0.39, 0.29) is 6.42 Å². The molecule has 1 aromatic heterocycles. The molecule has 0 saturated carbocycles. The van der Waals surface area contributed by atoms with Gasteiger partial charge in [0, 0.05) is 23.5 Å². The molecule has 2 amide bonds. The molecule has 0 unspecified atom stereocenters. The van der Waals surface area contributed by atoms with Crippen LogP contribution in [0.5, 0.6) is 0 Å². The quantitative estimate of drug-likeness (QED) is 0.676. The molecular weight excluding hydrogens is 234 g/mol. The van der Waals surface area contributed by atoms with Crippen LogP contribution in [0.25, 0.3) is 10.9 Å². The Morgan fingerprint density at radius 1 is 1.39 bits per heavy atom. The Morgan fingerprint density at radius 3 is 2.78 bits per heavy atom. The topological polar surface area (TPSA) is 111 Å². The number of fused-ring (bicyclic) bond motifs is 1. The van der Waals surface area contributed by atoms with E-state index in [1.54, 1.807) is 6.20 Å². The molecule has 2 aromatic rings. The molecule has 0 saturated heterocycles. The Labute approximate surface area is 103 Å². The maximum atomic E-state index is 10.9. The Morgan fingerprint density at radius 2 is 2.11 bits per heavy atom. The molecule has 0 bridgehead atoms. The van der Waals surface area contributed by atoms with E-state index < -0.39 is 18.0 Å². The van der Waals surface area contributed by atoms with E-state index >= 15 is 0 Å². The Hall–Kier alpha value is -2.50. The highest BCUT2D eigenvalue weighted by atomic mass is 16.4. The number of aromatic amines is 1. The third-order valence-corrected chi connectivity index (χ3v) is 2.70. The number of rotatable bonds is 4. The molecule has 4 N–H and O–H groups in total. The van der Waals surface area contributed by atoms with Gasteiger partial charge in [0.1, 0.15) is 0 Å². The molecular formula is C12H12N3O3-. The zero-order valence-corrected chi connectivity index (χ0v) is 9.47. The number of hydrogen-bond acceptors (Lipinski definition) is 3. The van der Waals surface area contributed by atoms with Gasteiger partial charge in [0.25, 0.3) is 0 Å². The third-order valence-electron chi connectivity index (χ3n) is 2.70. The Kier molecular flexibility index (Phi) is 3.18. The summed E-state index contributed by atoms with van der Waals surface area (Å²) >= 11 is 0. The summed E-state index contributed by atoms with van der Waals surface area (Å²) in [6.45, 7) is 0. The van der Waals surface area contributed by atoms with Crippen LogP contribution in [0, 0.1) is 0 Å². The molecule has 0 aliphatic rings. The number of urea groups is 1. The van der Waals surface area contributed by atoms with Crippen molar-refractivity contribution in [2.75, 3.05) is 0 Å². The molecule has 0 radical (unpaired) electrons. The SMILES string of the molecule is NC(=O)N[C@@H](Cc1c[nH]c2ccccc12)C(=O)[O-]. The fraction of sp³-hybridized carbons (Fsp3) is 0.167. The van der Waals surface area contributed by atoms with Crippen LogP contribution >= 0.6 is 0 Å². The number of aliphatic carboxylic acids is 1. The number of carboxylic acids is 1. The lowest BCUT2D eigenvalue weighted by atomic mass is 10.1. The van der Waals surface area contributed by atoms with E-state index in [1.165, 1.54) is 0 Å². The lowest BCUT2D eigenvalue weighted by molar-refractivity contribution is -0.308. The van der Waals surface area contributed by atoms with Crippen LogP contribution in [-0.2, 0) is 11.2 Å². The molecule has 6 nitrogen and oxygen atoms in total. The number of carbonyl (C=O) groups is 2. The van der Waals surface area contributed by atoms with Crippen LogP contribution in [0.15, 0.2) is 30.5 Å². The Bertz CT molecular complexity index is 591. The maximum absolute atomic E-state index is 10.9. The van der Waals surface area contributed by atoms with Crippen molar-refractivity contribution in [2.45, 2.75) is 12.5 Å². The largest absolute Gasteiger partial charge is 0.548 e. The van der Waals surface area contributed by atoms with Crippen LogP contribution in [0.1, 0.15) is 5.56 Å². The van der Waals surface area contributed by atoms with Gasteiger partial charge in [-0.05, 0) is 11.6 Å². The second-order valence-electron chi connectivity index (χ2n) is 3.94. The number of aromatic nitrogens is 1.